The molecule has 0 nitrogen and oxygen atoms in total. The number of hydrogen-bond acceptors (Lipinski definition) is 0. The molecule has 2 radical (unpaired) electrons. The standard InChI is InChI=1S/C15H10BF7/c1-3-15(16,4-2)7-8(17)5-6(9(18)12(7)21)11(20)14(23)13(22)10(5)19/h3-4H2,1-2H3. The number of halogens is 7. The number of hydrogen-bond donors (Lipinski definition) is 0. The molecule has 0 spiro atoms. The monoisotopic (exact) mass is 334 g/mol. The summed E-state index contributed by atoms with van der Waals surface area (Å²) in [6.07, 6.45) is -0.119. The highest BCUT2D eigenvalue weighted by molar-refractivity contribution is 6.16. The van der Waals surface area contributed by atoms with Crippen molar-refractivity contribution < 1.29 is 30.7 Å². The SMILES string of the molecule is [B]C(CC)(CC)c1c(F)c(F)c2c(F)c(F)c(F)c(F)c2c1F. The highest BCUT2D eigenvalue weighted by atomic mass is 19.2. The fourth-order valence-corrected chi connectivity index (χ4v) is 2.53. The largest absolute Gasteiger partial charge is 0.206 e. The van der Waals surface area contributed by atoms with E-state index in [4.69, 9.17) is 7.85 Å². The van der Waals surface area contributed by atoms with Crippen molar-refractivity contribution in [2.45, 2.75) is 32.0 Å². The van der Waals surface area contributed by atoms with Crippen LogP contribution >= 0.6 is 0 Å². The molecule has 0 unspecified atom stereocenters. The minimum absolute atomic E-state index is 0.0595. The van der Waals surface area contributed by atoms with E-state index in [1.54, 1.807) is 0 Å². The van der Waals surface area contributed by atoms with Crippen LogP contribution in [0.25, 0.3) is 10.8 Å². The Bertz CT molecular complexity index is 797. The lowest BCUT2D eigenvalue weighted by Crippen LogP contribution is -2.28. The Hall–Kier alpha value is -1.73. The van der Waals surface area contributed by atoms with Crippen LogP contribution in [0.1, 0.15) is 32.3 Å². The molecule has 2 aromatic rings. The third-order valence-electron chi connectivity index (χ3n) is 4.10. The quantitative estimate of drug-likeness (QED) is 0.321. The lowest BCUT2D eigenvalue weighted by atomic mass is 9.60. The van der Waals surface area contributed by atoms with Gasteiger partial charge in [0, 0.05) is 5.56 Å². The summed E-state index contributed by atoms with van der Waals surface area (Å²) in [5.41, 5.74) is -1.03. The van der Waals surface area contributed by atoms with Gasteiger partial charge in [0.15, 0.2) is 34.9 Å². The van der Waals surface area contributed by atoms with Gasteiger partial charge in [-0.3, -0.25) is 0 Å². The minimum atomic E-state index is -2.36. The van der Waals surface area contributed by atoms with E-state index in [0.717, 1.165) is 0 Å². The fourth-order valence-electron chi connectivity index (χ4n) is 2.53. The van der Waals surface area contributed by atoms with E-state index >= 15 is 0 Å². The van der Waals surface area contributed by atoms with Gasteiger partial charge in [-0.1, -0.05) is 26.7 Å². The summed E-state index contributed by atoms with van der Waals surface area (Å²) in [7, 11) is 5.80. The molecule has 0 atom stereocenters. The van der Waals surface area contributed by atoms with Gasteiger partial charge in [-0.25, -0.2) is 30.7 Å². The normalized spacial score (nSPS) is 12.2. The van der Waals surface area contributed by atoms with Crippen LogP contribution in [0.3, 0.4) is 0 Å². The van der Waals surface area contributed by atoms with E-state index in [0.29, 0.717) is 0 Å². The van der Waals surface area contributed by atoms with Crippen LogP contribution in [0.5, 0.6) is 0 Å². The summed E-state index contributed by atoms with van der Waals surface area (Å²) in [5, 5.41) is -4.86. The Kier molecular flexibility index (Phi) is 4.39. The third-order valence-corrected chi connectivity index (χ3v) is 4.10. The van der Waals surface area contributed by atoms with Gasteiger partial charge < -0.3 is 0 Å². The lowest BCUT2D eigenvalue weighted by Gasteiger charge is -2.29. The van der Waals surface area contributed by atoms with E-state index in [-0.39, 0.29) is 12.8 Å². The van der Waals surface area contributed by atoms with Crippen molar-refractivity contribution in [1.29, 1.82) is 0 Å². The summed E-state index contributed by atoms with van der Waals surface area (Å²) >= 11 is 0. The topological polar surface area (TPSA) is 0 Å². The van der Waals surface area contributed by atoms with Crippen LogP contribution in [0.2, 0.25) is 0 Å². The van der Waals surface area contributed by atoms with Gasteiger partial charge in [0.1, 0.15) is 5.82 Å². The first-order valence-electron chi connectivity index (χ1n) is 6.73. The lowest BCUT2D eigenvalue weighted by molar-refractivity contribution is 0.405. The maximum atomic E-state index is 14.5. The highest BCUT2D eigenvalue weighted by Gasteiger charge is 2.36. The van der Waals surface area contributed by atoms with Gasteiger partial charge in [-0.15, -0.1) is 0 Å². The Balaban J connectivity index is 3.13. The predicted octanol–water partition coefficient (Wildman–Crippen LogP) is 5.00. The molecule has 23 heavy (non-hydrogen) atoms. The molecule has 2 rings (SSSR count). The number of benzene rings is 2. The zero-order valence-corrected chi connectivity index (χ0v) is 12.1. The average molecular weight is 334 g/mol. The second-order valence-corrected chi connectivity index (χ2v) is 5.19. The summed E-state index contributed by atoms with van der Waals surface area (Å²) in [4.78, 5) is 0. The molecule has 0 bridgehead atoms. The van der Waals surface area contributed by atoms with Crippen molar-refractivity contribution >= 4 is 18.6 Å². The molecule has 0 amide bonds. The molecule has 0 aliphatic rings. The third kappa shape index (κ3) is 2.30. The van der Waals surface area contributed by atoms with Gasteiger partial charge in [-0.05, 0) is 5.31 Å². The molecular weight excluding hydrogens is 324 g/mol. The van der Waals surface area contributed by atoms with E-state index in [1.165, 1.54) is 13.8 Å². The van der Waals surface area contributed by atoms with Crippen LogP contribution in [0.15, 0.2) is 0 Å². The van der Waals surface area contributed by atoms with E-state index in [2.05, 4.69) is 0 Å². The summed E-state index contributed by atoms with van der Waals surface area (Å²) in [6.45, 7) is 2.90. The van der Waals surface area contributed by atoms with Gasteiger partial charge in [0.05, 0.1) is 18.6 Å². The van der Waals surface area contributed by atoms with Crippen molar-refractivity contribution in [3.63, 3.8) is 0 Å². The highest BCUT2D eigenvalue weighted by Crippen LogP contribution is 2.40. The minimum Gasteiger partial charge on any atom is -0.206 e. The molecule has 0 aliphatic heterocycles. The van der Waals surface area contributed by atoms with Crippen LogP contribution in [-0.2, 0) is 5.31 Å². The van der Waals surface area contributed by atoms with Crippen LogP contribution < -0.4 is 0 Å². The summed E-state index contributed by atoms with van der Waals surface area (Å²) in [5.74, 6) is -14.7. The molecule has 0 aliphatic carbocycles. The number of fused-ring (bicyclic) bond motifs is 1. The smallest absolute Gasteiger partial charge is 0.198 e. The molecule has 2 aromatic carbocycles. The zero-order valence-electron chi connectivity index (χ0n) is 12.1. The maximum absolute atomic E-state index is 14.5. The fraction of sp³-hybridized carbons (Fsp3) is 0.333. The van der Waals surface area contributed by atoms with Gasteiger partial charge in [-0.2, -0.15) is 0 Å². The van der Waals surface area contributed by atoms with Crippen molar-refractivity contribution in [2.24, 2.45) is 0 Å². The van der Waals surface area contributed by atoms with Gasteiger partial charge >= 0.3 is 0 Å². The molecule has 0 N–H and O–H groups in total. The van der Waals surface area contributed by atoms with Crippen LogP contribution in [0, 0.1) is 40.7 Å². The molecular formula is C15H10BF7. The Morgan fingerprint density at radius 1 is 0.609 bits per heavy atom. The number of rotatable bonds is 3. The molecule has 8 heteroatoms. The van der Waals surface area contributed by atoms with Gasteiger partial charge in [0.2, 0.25) is 0 Å². The van der Waals surface area contributed by atoms with Gasteiger partial charge in [0.25, 0.3) is 0 Å². The van der Waals surface area contributed by atoms with Crippen LogP contribution in [-0.4, -0.2) is 7.85 Å². The average Bonchev–Trinajstić information content (AvgIpc) is 2.53. The molecule has 0 saturated heterocycles. The molecule has 0 fully saturated rings. The van der Waals surface area contributed by atoms with Crippen LogP contribution in [0.4, 0.5) is 30.7 Å². The first-order chi connectivity index (χ1) is 10.6. The van der Waals surface area contributed by atoms with E-state index < -0.39 is 62.4 Å². The maximum Gasteiger partial charge on any atom is 0.198 e. The van der Waals surface area contributed by atoms with Crippen molar-refractivity contribution in [3.8, 4) is 0 Å². The zero-order chi connectivity index (χ0) is 17.7. The van der Waals surface area contributed by atoms with Crippen molar-refractivity contribution in [2.75, 3.05) is 0 Å². The summed E-state index contributed by atoms with van der Waals surface area (Å²) < 4.78 is 96.9. The molecule has 0 saturated carbocycles. The van der Waals surface area contributed by atoms with E-state index in [9.17, 15) is 30.7 Å². The molecule has 0 aromatic heterocycles. The Morgan fingerprint density at radius 2 is 0.957 bits per heavy atom. The molecule has 0 heterocycles. The second kappa shape index (κ2) is 5.72. The Morgan fingerprint density at radius 3 is 1.35 bits per heavy atom. The first-order valence-corrected chi connectivity index (χ1v) is 6.73. The van der Waals surface area contributed by atoms with Crippen molar-refractivity contribution in [3.05, 3.63) is 46.3 Å². The second-order valence-electron chi connectivity index (χ2n) is 5.19. The summed E-state index contributed by atoms with van der Waals surface area (Å²) in [6, 6.07) is 0. The Labute approximate surface area is 128 Å². The van der Waals surface area contributed by atoms with E-state index in [1.807, 2.05) is 0 Å². The van der Waals surface area contributed by atoms with Crippen molar-refractivity contribution in [1.82, 2.24) is 0 Å². The molecule has 122 valence electrons. The predicted molar refractivity (Wildman–Crippen MR) is 71.7 cm³/mol. The first kappa shape index (κ1) is 17.6.